The van der Waals surface area contributed by atoms with Crippen molar-refractivity contribution in [3.63, 3.8) is 0 Å². The molecular weight excluding hydrogens is 266 g/mol. The summed E-state index contributed by atoms with van der Waals surface area (Å²) in [7, 11) is -3.38. The van der Waals surface area contributed by atoms with Gasteiger partial charge in [0.2, 0.25) is 10.0 Å². The van der Waals surface area contributed by atoms with Crippen molar-refractivity contribution in [1.82, 2.24) is 4.31 Å². The topological polar surface area (TPSA) is 77.5 Å². The van der Waals surface area contributed by atoms with Gasteiger partial charge in [-0.2, -0.15) is 4.31 Å². The van der Waals surface area contributed by atoms with E-state index in [9.17, 15) is 18.3 Å². The fourth-order valence-electron chi connectivity index (χ4n) is 2.15. The average Bonchev–Trinajstić information content (AvgIpc) is 2.91. The van der Waals surface area contributed by atoms with Crippen LogP contribution in [0.1, 0.15) is 24.8 Å². The third kappa shape index (κ3) is 3.33. The molecule has 0 unspecified atom stereocenters. The minimum absolute atomic E-state index is 0.0573. The van der Waals surface area contributed by atoms with Gasteiger partial charge in [0.25, 0.3) is 0 Å². The lowest BCUT2D eigenvalue weighted by atomic mass is 10.1. The van der Waals surface area contributed by atoms with Gasteiger partial charge in [-0.25, -0.2) is 8.42 Å². The normalized spacial score (nSPS) is 16.6. The third-order valence-corrected chi connectivity index (χ3v) is 5.16. The fourth-order valence-corrected chi connectivity index (χ4v) is 3.67. The Kier molecular flexibility index (Phi) is 4.21. The summed E-state index contributed by atoms with van der Waals surface area (Å²) < 4.78 is 26.0. The van der Waals surface area contributed by atoms with E-state index < -0.39 is 16.0 Å². The highest BCUT2D eigenvalue weighted by Gasteiger charge is 2.26. The summed E-state index contributed by atoms with van der Waals surface area (Å²) >= 11 is 0. The average molecular weight is 282 g/mol. The van der Waals surface area contributed by atoms with E-state index in [1.165, 1.54) is 16.4 Å². The Morgan fingerprint density at radius 2 is 1.74 bits per heavy atom. The number of nitrogens with zero attached hydrogens (tertiary/aromatic N) is 1. The van der Waals surface area contributed by atoms with E-state index >= 15 is 0 Å². The van der Waals surface area contributed by atoms with Crippen molar-refractivity contribution in [2.75, 3.05) is 13.1 Å². The van der Waals surface area contributed by atoms with Gasteiger partial charge in [-0.3, -0.25) is 0 Å². The molecule has 1 fully saturated rings. The molecule has 6 heteroatoms. The van der Waals surface area contributed by atoms with Crippen molar-refractivity contribution < 1.29 is 18.3 Å². The first-order valence-electron chi connectivity index (χ1n) is 6.29. The Hall–Kier alpha value is -1.40. The summed E-state index contributed by atoms with van der Waals surface area (Å²) in [5.74, 6) is -1.10. The minimum Gasteiger partial charge on any atom is -0.550 e. The Morgan fingerprint density at radius 1 is 1.16 bits per heavy atom. The highest BCUT2D eigenvalue weighted by molar-refractivity contribution is 7.89. The molecule has 5 nitrogen and oxygen atoms in total. The van der Waals surface area contributed by atoms with Crippen LogP contribution < -0.4 is 5.11 Å². The van der Waals surface area contributed by atoms with Gasteiger partial charge >= 0.3 is 0 Å². The number of carboxylic acid groups (broad SMARTS) is 1. The number of sulfonamides is 1. The molecule has 1 saturated heterocycles. The van der Waals surface area contributed by atoms with Crippen LogP contribution >= 0.6 is 0 Å². The molecule has 0 aromatic heterocycles. The van der Waals surface area contributed by atoms with Gasteiger partial charge in [0.05, 0.1) is 4.90 Å². The predicted octanol–water partition coefficient (Wildman–Crippen LogP) is 0.154. The first kappa shape index (κ1) is 14.0. The van der Waals surface area contributed by atoms with Gasteiger partial charge in [-0.1, -0.05) is 12.1 Å². The van der Waals surface area contributed by atoms with Crippen molar-refractivity contribution in [2.24, 2.45) is 0 Å². The third-order valence-electron chi connectivity index (χ3n) is 3.24. The summed E-state index contributed by atoms with van der Waals surface area (Å²) in [5, 5.41) is 10.4. The maximum absolute atomic E-state index is 12.2. The van der Waals surface area contributed by atoms with Crippen molar-refractivity contribution in [2.45, 2.75) is 30.6 Å². The van der Waals surface area contributed by atoms with Crippen LogP contribution in [0.4, 0.5) is 0 Å². The highest BCUT2D eigenvalue weighted by Crippen LogP contribution is 2.21. The van der Waals surface area contributed by atoms with Crippen molar-refractivity contribution in [3.05, 3.63) is 29.8 Å². The number of hydrogen-bond donors (Lipinski definition) is 0. The smallest absolute Gasteiger partial charge is 0.243 e. The molecule has 0 amide bonds. The molecule has 1 aliphatic rings. The Labute approximate surface area is 112 Å². The standard InChI is InChI=1S/C13H17NO4S/c15-13(16)8-5-11-3-6-12(7-4-11)19(17,18)14-9-1-2-10-14/h3-4,6-7H,1-2,5,8-10H2,(H,15,16)/p-1. The maximum atomic E-state index is 12.2. The molecule has 2 rings (SSSR count). The molecule has 1 heterocycles. The lowest BCUT2D eigenvalue weighted by molar-refractivity contribution is -0.305. The summed E-state index contributed by atoms with van der Waals surface area (Å²) in [6.07, 6.45) is 2.11. The molecule has 1 aromatic rings. The molecule has 0 bridgehead atoms. The number of carbonyl (C=O) groups excluding carboxylic acids is 1. The second kappa shape index (κ2) is 5.71. The number of aliphatic carboxylic acids is 1. The van der Waals surface area contributed by atoms with Crippen LogP contribution in [0.15, 0.2) is 29.2 Å². The van der Waals surface area contributed by atoms with Crippen molar-refractivity contribution in [3.8, 4) is 0 Å². The lowest BCUT2D eigenvalue weighted by Gasteiger charge is -2.15. The molecule has 0 N–H and O–H groups in total. The van der Waals surface area contributed by atoms with E-state index in [4.69, 9.17) is 0 Å². The highest BCUT2D eigenvalue weighted by atomic mass is 32.2. The van der Waals surface area contributed by atoms with Crippen LogP contribution in [-0.2, 0) is 21.2 Å². The van der Waals surface area contributed by atoms with Gasteiger partial charge in [-0.05, 0) is 43.4 Å². The van der Waals surface area contributed by atoms with Crippen LogP contribution in [0.2, 0.25) is 0 Å². The first-order chi connectivity index (χ1) is 9.00. The van der Waals surface area contributed by atoms with Crippen molar-refractivity contribution in [1.29, 1.82) is 0 Å². The predicted molar refractivity (Wildman–Crippen MR) is 67.8 cm³/mol. The van der Waals surface area contributed by atoms with Gasteiger partial charge in [0.1, 0.15) is 0 Å². The monoisotopic (exact) mass is 282 g/mol. The molecule has 0 radical (unpaired) electrons. The summed E-state index contributed by atoms with van der Waals surface area (Å²) in [6, 6.07) is 6.40. The van der Waals surface area contributed by atoms with Gasteiger partial charge < -0.3 is 9.90 Å². The molecule has 0 spiro atoms. The van der Waals surface area contributed by atoms with Crippen molar-refractivity contribution >= 4 is 16.0 Å². The molecule has 0 atom stereocenters. The first-order valence-corrected chi connectivity index (χ1v) is 7.73. The molecular formula is C13H16NO4S-. The lowest BCUT2D eigenvalue weighted by Crippen LogP contribution is -2.27. The number of rotatable bonds is 5. The zero-order chi connectivity index (χ0) is 13.9. The molecule has 1 aliphatic heterocycles. The number of carboxylic acids is 1. The second-order valence-corrected chi connectivity index (χ2v) is 6.57. The minimum atomic E-state index is -3.38. The van der Waals surface area contributed by atoms with E-state index in [1.54, 1.807) is 12.1 Å². The van der Waals surface area contributed by atoms with E-state index in [2.05, 4.69) is 0 Å². The van der Waals surface area contributed by atoms with E-state index in [-0.39, 0.29) is 11.3 Å². The number of hydrogen-bond acceptors (Lipinski definition) is 4. The zero-order valence-electron chi connectivity index (χ0n) is 10.5. The maximum Gasteiger partial charge on any atom is 0.243 e. The van der Waals surface area contributed by atoms with Crippen LogP contribution in [0.5, 0.6) is 0 Å². The molecule has 19 heavy (non-hydrogen) atoms. The summed E-state index contributed by atoms with van der Waals surface area (Å²) in [5.41, 5.74) is 0.796. The van der Waals surface area contributed by atoms with E-state index in [1.807, 2.05) is 0 Å². The Morgan fingerprint density at radius 3 is 2.26 bits per heavy atom. The number of aryl methyl sites for hydroxylation is 1. The van der Waals surface area contributed by atoms with Crippen LogP contribution in [0.3, 0.4) is 0 Å². The Bertz CT molecular complexity index is 545. The molecule has 104 valence electrons. The summed E-state index contributed by atoms with van der Waals surface area (Å²) in [4.78, 5) is 10.6. The van der Waals surface area contributed by atoms with Crippen LogP contribution in [0.25, 0.3) is 0 Å². The van der Waals surface area contributed by atoms with Crippen LogP contribution in [-0.4, -0.2) is 31.8 Å². The molecule has 1 aromatic carbocycles. The Balaban J connectivity index is 2.11. The van der Waals surface area contributed by atoms with Gasteiger partial charge in [-0.15, -0.1) is 0 Å². The zero-order valence-corrected chi connectivity index (χ0v) is 11.4. The second-order valence-electron chi connectivity index (χ2n) is 4.63. The number of carbonyl (C=O) groups is 1. The molecule has 0 aliphatic carbocycles. The van der Waals surface area contributed by atoms with Gasteiger partial charge in [0, 0.05) is 19.1 Å². The van der Waals surface area contributed by atoms with E-state index in [0.29, 0.717) is 19.5 Å². The fraction of sp³-hybridized carbons (Fsp3) is 0.462. The summed E-state index contributed by atoms with van der Waals surface area (Å²) in [6.45, 7) is 1.16. The molecule has 0 saturated carbocycles. The van der Waals surface area contributed by atoms with Gasteiger partial charge in [0.15, 0.2) is 0 Å². The largest absolute Gasteiger partial charge is 0.550 e. The van der Waals surface area contributed by atoms with E-state index in [0.717, 1.165) is 18.4 Å². The number of benzene rings is 1. The quantitative estimate of drug-likeness (QED) is 0.770. The SMILES string of the molecule is O=C([O-])CCc1ccc(S(=O)(=O)N2CCCC2)cc1. The van der Waals surface area contributed by atoms with Crippen LogP contribution in [0, 0.1) is 0 Å².